The first-order valence-electron chi connectivity index (χ1n) is 3.90. The number of halogens is 1. The quantitative estimate of drug-likeness (QED) is 0.550. The molecule has 1 fully saturated rings. The third kappa shape index (κ3) is 1.55. The van der Waals surface area contributed by atoms with Crippen molar-refractivity contribution in [2.75, 3.05) is 0 Å². The number of ketones is 1. The fourth-order valence-electron chi connectivity index (χ4n) is 1.42. The molecule has 0 amide bonds. The maximum absolute atomic E-state index is 12.7. The summed E-state index contributed by atoms with van der Waals surface area (Å²) in [7, 11) is 0. The summed E-state index contributed by atoms with van der Waals surface area (Å²) in [5.41, 5.74) is 0. The van der Waals surface area contributed by atoms with Crippen molar-refractivity contribution in [2.24, 2.45) is 5.92 Å². The van der Waals surface area contributed by atoms with Crippen LogP contribution in [0.4, 0.5) is 4.39 Å². The Hall–Kier alpha value is -0.400. The van der Waals surface area contributed by atoms with Gasteiger partial charge in [-0.1, -0.05) is 13.3 Å². The summed E-state index contributed by atoms with van der Waals surface area (Å²) >= 11 is 0. The number of alkyl halides is 1. The van der Waals surface area contributed by atoms with Gasteiger partial charge in [-0.05, 0) is 18.8 Å². The molecule has 1 aliphatic carbocycles. The minimum atomic E-state index is -1.15. The largest absolute Gasteiger partial charge is 0.296 e. The summed E-state index contributed by atoms with van der Waals surface area (Å²) in [5.74, 6) is 0.261. The second-order valence-electron chi connectivity index (χ2n) is 2.98. The average Bonchev–Trinajstić information content (AvgIpc) is 1.95. The minimum Gasteiger partial charge on any atom is -0.296 e. The lowest BCUT2D eigenvalue weighted by molar-refractivity contribution is -0.126. The molecule has 10 heavy (non-hydrogen) atoms. The highest BCUT2D eigenvalue weighted by Crippen LogP contribution is 2.25. The van der Waals surface area contributed by atoms with E-state index in [-0.39, 0.29) is 5.78 Å². The Bertz CT molecular complexity index is 133. The second-order valence-corrected chi connectivity index (χ2v) is 2.98. The fraction of sp³-hybridized carbons (Fsp3) is 0.875. The smallest absolute Gasteiger partial charge is 0.166 e. The van der Waals surface area contributed by atoms with Crippen LogP contribution < -0.4 is 0 Å². The zero-order chi connectivity index (χ0) is 7.56. The fourth-order valence-corrected chi connectivity index (χ4v) is 1.42. The van der Waals surface area contributed by atoms with Crippen LogP contribution in [0.3, 0.4) is 0 Å². The van der Waals surface area contributed by atoms with Crippen molar-refractivity contribution in [3.05, 3.63) is 0 Å². The van der Waals surface area contributed by atoms with Gasteiger partial charge in [-0.15, -0.1) is 0 Å². The molecule has 1 nitrogen and oxygen atoms in total. The van der Waals surface area contributed by atoms with Gasteiger partial charge in [0.2, 0.25) is 0 Å². The van der Waals surface area contributed by atoms with E-state index in [0.29, 0.717) is 18.8 Å². The summed E-state index contributed by atoms with van der Waals surface area (Å²) in [5, 5.41) is 0. The number of hydrogen-bond acceptors (Lipinski definition) is 1. The van der Waals surface area contributed by atoms with E-state index >= 15 is 0 Å². The summed E-state index contributed by atoms with van der Waals surface area (Å²) in [4.78, 5) is 10.7. The molecule has 0 heterocycles. The number of hydrogen-bond donors (Lipinski definition) is 0. The number of carbonyl (C=O) groups excluding carboxylic acids is 1. The molecular formula is C8H13FO. The highest BCUT2D eigenvalue weighted by Gasteiger charge is 2.26. The van der Waals surface area contributed by atoms with Gasteiger partial charge < -0.3 is 0 Å². The minimum absolute atomic E-state index is 0.190. The molecule has 0 N–H and O–H groups in total. The van der Waals surface area contributed by atoms with Crippen LogP contribution in [0.5, 0.6) is 0 Å². The molecule has 1 rings (SSSR count). The molecule has 1 aliphatic rings. The molecule has 0 radical (unpaired) electrons. The lowest BCUT2D eigenvalue weighted by atomic mass is 9.86. The Morgan fingerprint density at radius 1 is 1.70 bits per heavy atom. The van der Waals surface area contributed by atoms with Gasteiger partial charge in [0.1, 0.15) is 0 Å². The van der Waals surface area contributed by atoms with E-state index in [2.05, 4.69) is 0 Å². The normalized spacial score (nSPS) is 34.4. The molecule has 1 saturated carbocycles. The van der Waals surface area contributed by atoms with Crippen molar-refractivity contribution in [1.82, 2.24) is 0 Å². The standard InChI is InChI=1S/C8H13FO/c1-2-6-3-4-8(10)7(9)5-6/h6-7H,2-5H2,1H3/t6-,7-/m1/s1. The molecule has 0 bridgehead atoms. The van der Waals surface area contributed by atoms with E-state index in [1.54, 1.807) is 0 Å². The second kappa shape index (κ2) is 3.13. The molecule has 0 aliphatic heterocycles. The first kappa shape index (κ1) is 7.70. The molecule has 0 saturated heterocycles. The van der Waals surface area contributed by atoms with E-state index in [0.717, 1.165) is 12.8 Å². The van der Waals surface area contributed by atoms with Crippen LogP contribution in [0.15, 0.2) is 0 Å². The van der Waals surface area contributed by atoms with Crippen LogP contribution in [-0.4, -0.2) is 12.0 Å². The van der Waals surface area contributed by atoms with E-state index in [1.807, 2.05) is 6.92 Å². The maximum atomic E-state index is 12.7. The van der Waals surface area contributed by atoms with E-state index < -0.39 is 6.17 Å². The third-order valence-electron chi connectivity index (χ3n) is 2.27. The zero-order valence-electron chi connectivity index (χ0n) is 6.27. The van der Waals surface area contributed by atoms with Crippen LogP contribution in [-0.2, 0) is 4.79 Å². The predicted molar refractivity (Wildman–Crippen MR) is 37.5 cm³/mol. The van der Waals surface area contributed by atoms with Crippen molar-refractivity contribution in [3.63, 3.8) is 0 Å². The van der Waals surface area contributed by atoms with Crippen LogP contribution >= 0.6 is 0 Å². The first-order chi connectivity index (χ1) is 4.74. The number of Topliss-reactive ketones (excluding diaryl/α,β-unsaturated/α-hetero) is 1. The Kier molecular flexibility index (Phi) is 2.41. The topological polar surface area (TPSA) is 17.1 Å². The Morgan fingerprint density at radius 2 is 2.40 bits per heavy atom. The third-order valence-corrected chi connectivity index (χ3v) is 2.27. The van der Waals surface area contributed by atoms with Gasteiger partial charge in [0.25, 0.3) is 0 Å². The van der Waals surface area contributed by atoms with Crippen molar-refractivity contribution in [1.29, 1.82) is 0 Å². The highest BCUT2D eigenvalue weighted by atomic mass is 19.1. The first-order valence-corrected chi connectivity index (χ1v) is 3.90. The van der Waals surface area contributed by atoms with Crippen LogP contribution in [0.2, 0.25) is 0 Å². The van der Waals surface area contributed by atoms with Gasteiger partial charge in [-0.2, -0.15) is 0 Å². The predicted octanol–water partition coefficient (Wildman–Crippen LogP) is 2.10. The van der Waals surface area contributed by atoms with Crippen LogP contribution in [0, 0.1) is 5.92 Å². The lowest BCUT2D eigenvalue weighted by Crippen LogP contribution is -2.25. The monoisotopic (exact) mass is 144 g/mol. The van der Waals surface area contributed by atoms with E-state index in [4.69, 9.17) is 0 Å². The van der Waals surface area contributed by atoms with Crippen LogP contribution in [0.1, 0.15) is 32.6 Å². The van der Waals surface area contributed by atoms with Crippen molar-refractivity contribution in [2.45, 2.75) is 38.8 Å². The van der Waals surface area contributed by atoms with E-state index in [1.165, 1.54) is 0 Å². The Balaban J connectivity index is 2.40. The molecule has 0 spiro atoms. The van der Waals surface area contributed by atoms with Gasteiger partial charge in [0.15, 0.2) is 12.0 Å². The number of rotatable bonds is 1. The average molecular weight is 144 g/mol. The molecule has 0 aromatic rings. The van der Waals surface area contributed by atoms with Gasteiger partial charge in [-0.25, -0.2) is 4.39 Å². The highest BCUT2D eigenvalue weighted by molar-refractivity contribution is 5.83. The Morgan fingerprint density at radius 3 is 2.90 bits per heavy atom. The lowest BCUT2D eigenvalue weighted by Gasteiger charge is -2.21. The van der Waals surface area contributed by atoms with Gasteiger partial charge in [-0.3, -0.25) is 4.79 Å². The zero-order valence-corrected chi connectivity index (χ0v) is 6.27. The van der Waals surface area contributed by atoms with E-state index in [9.17, 15) is 9.18 Å². The molecule has 58 valence electrons. The van der Waals surface area contributed by atoms with Crippen molar-refractivity contribution < 1.29 is 9.18 Å². The number of carbonyl (C=O) groups is 1. The van der Waals surface area contributed by atoms with Gasteiger partial charge in [0.05, 0.1) is 0 Å². The summed E-state index contributed by atoms with van der Waals surface area (Å²) in [6, 6.07) is 0. The summed E-state index contributed by atoms with van der Waals surface area (Å²) in [6.45, 7) is 2.05. The molecule has 2 atom stereocenters. The van der Waals surface area contributed by atoms with Gasteiger partial charge in [0, 0.05) is 6.42 Å². The molecule has 2 heteroatoms. The molecular weight excluding hydrogens is 131 g/mol. The van der Waals surface area contributed by atoms with Crippen LogP contribution in [0.25, 0.3) is 0 Å². The molecule has 0 aromatic heterocycles. The summed E-state index contributed by atoms with van der Waals surface area (Å²) in [6.07, 6.45) is 1.68. The maximum Gasteiger partial charge on any atom is 0.166 e. The molecule has 0 aromatic carbocycles. The Labute approximate surface area is 60.6 Å². The molecule has 0 unspecified atom stereocenters. The summed E-state index contributed by atoms with van der Waals surface area (Å²) < 4.78 is 12.7. The SMILES string of the molecule is CC[C@@H]1CCC(=O)[C@H](F)C1. The van der Waals surface area contributed by atoms with Gasteiger partial charge >= 0.3 is 0 Å². The van der Waals surface area contributed by atoms with Crippen molar-refractivity contribution >= 4 is 5.78 Å². The van der Waals surface area contributed by atoms with Crippen molar-refractivity contribution in [3.8, 4) is 0 Å².